The van der Waals surface area contributed by atoms with E-state index in [1.54, 1.807) is 0 Å². The number of imidazole rings is 1. The number of aromatic nitrogens is 2. The molecule has 0 unspecified atom stereocenters. The fourth-order valence-corrected chi connectivity index (χ4v) is 2.53. The molecule has 1 aromatic heterocycles. The van der Waals surface area contributed by atoms with Crippen molar-refractivity contribution >= 4 is 17.3 Å². The van der Waals surface area contributed by atoms with Gasteiger partial charge in [-0.2, -0.15) is 0 Å². The molecule has 0 aliphatic heterocycles. The Morgan fingerprint density at radius 3 is 2.27 bits per heavy atom. The minimum absolute atomic E-state index is 0. The Balaban J connectivity index is 0.00000338. The first-order valence-electron chi connectivity index (χ1n) is 8.53. The summed E-state index contributed by atoms with van der Waals surface area (Å²) in [4.78, 5) is 2.26. The SMILES string of the molecule is Cn1cc[n+](C)c1/N=N/c1ccc(NCCN(CCN)CCN)cc1.[I-]. The molecule has 0 aliphatic carbocycles. The number of rotatable bonds is 10. The van der Waals surface area contributed by atoms with E-state index >= 15 is 0 Å². The van der Waals surface area contributed by atoms with E-state index in [-0.39, 0.29) is 24.0 Å². The molecule has 8 nitrogen and oxygen atoms in total. The average molecular weight is 472 g/mol. The van der Waals surface area contributed by atoms with Crippen LogP contribution < -0.4 is 45.3 Å². The predicted octanol–water partition coefficient (Wildman–Crippen LogP) is -2.10. The van der Waals surface area contributed by atoms with E-state index in [4.69, 9.17) is 11.5 Å². The van der Waals surface area contributed by atoms with Gasteiger partial charge < -0.3 is 40.8 Å². The van der Waals surface area contributed by atoms with Crippen molar-refractivity contribution in [3.05, 3.63) is 36.7 Å². The number of hydrogen-bond acceptors (Lipinski definition) is 6. The summed E-state index contributed by atoms with van der Waals surface area (Å²) in [6.07, 6.45) is 3.89. The number of halogens is 1. The molecule has 2 aromatic rings. The third-order valence-electron chi connectivity index (χ3n) is 3.91. The molecular weight excluding hydrogens is 443 g/mol. The monoisotopic (exact) mass is 472 g/mol. The van der Waals surface area contributed by atoms with E-state index < -0.39 is 0 Å². The second kappa shape index (κ2) is 11.9. The zero-order chi connectivity index (χ0) is 18.1. The number of nitrogens with one attached hydrogen (secondary N) is 1. The molecule has 5 N–H and O–H groups in total. The zero-order valence-corrected chi connectivity index (χ0v) is 17.6. The molecule has 26 heavy (non-hydrogen) atoms. The van der Waals surface area contributed by atoms with Gasteiger partial charge in [-0.05, 0) is 24.3 Å². The van der Waals surface area contributed by atoms with Crippen molar-refractivity contribution in [1.82, 2.24) is 9.47 Å². The lowest BCUT2D eigenvalue weighted by Crippen LogP contribution is -3.00. The summed E-state index contributed by atoms with van der Waals surface area (Å²) in [6.45, 7) is 4.81. The standard InChI is InChI=1S/C17H28N8.HI/c1-23-13-14-24(2)17(23)22-21-16-5-3-15(4-6-16)20-9-12-25(10-7-18)11-8-19;/h3-6,13-14H,7-12,18-19H2,1-2H3;1H. The van der Waals surface area contributed by atoms with E-state index in [0.717, 1.165) is 43.5 Å². The first kappa shape index (κ1) is 22.5. The van der Waals surface area contributed by atoms with Crippen LogP contribution in [0.2, 0.25) is 0 Å². The third-order valence-corrected chi connectivity index (χ3v) is 3.91. The van der Waals surface area contributed by atoms with E-state index in [0.29, 0.717) is 13.1 Å². The van der Waals surface area contributed by atoms with Crippen molar-refractivity contribution < 1.29 is 28.5 Å². The predicted molar refractivity (Wildman–Crippen MR) is 100 cm³/mol. The van der Waals surface area contributed by atoms with E-state index in [2.05, 4.69) is 20.4 Å². The molecule has 0 spiro atoms. The highest BCUT2D eigenvalue weighted by molar-refractivity contribution is 5.50. The highest BCUT2D eigenvalue weighted by atomic mass is 127. The first-order chi connectivity index (χ1) is 12.1. The van der Waals surface area contributed by atoms with Crippen molar-refractivity contribution in [2.75, 3.05) is 44.6 Å². The van der Waals surface area contributed by atoms with Crippen LogP contribution in [0.15, 0.2) is 46.9 Å². The Morgan fingerprint density at radius 2 is 1.73 bits per heavy atom. The van der Waals surface area contributed by atoms with E-state index in [1.165, 1.54) is 0 Å². The van der Waals surface area contributed by atoms with Gasteiger partial charge >= 0.3 is 5.95 Å². The van der Waals surface area contributed by atoms with Crippen LogP contribution in [0.4, 0.5) is 17.3 Å². The Hall–Kier alpha value is -1.56. The van der Waals surface area contributed by atoms with E-state index in [1.807, 2.05) is 59.9 Å². The highest BCUT2D eigenvalue weighted by Gasteiger charge is 2.10. The second-order valence-corrected chi connectivity index (χ2v) is 5.91. The van der Waals surface area contributed by atoms with Crippen LogP contribution in [0.3, 0.4) is 0 Å². The Labute approximate surface area is 172 Å². The molecule has 0 amide bonds. The number of nitrogens with zero attached hydrogens (tertiary/aromatic N) is 5. The lowest BCUT2D eigenvalue weighted by Gasteiger charge is -2.21. The van der Waals surface area contributed by atoms with Gasteiger partial charge in [-0.25, -0.2) is 9.13 Å². The summed E-state index contributed by atoms with van der Waals surface area (Å²) in [5.41, 5.74) is 13.1. The van der Waals surface area contributed by atoms with Gasteiger partial charge in [0.05, 0.1) is 26.5 Å². The maximum absolute atomic E-state index is 5.62. The van der Waals surface area contributed by atoms with Crippen LogP contribution in [0, 0.1) is 0 Å². The maximum atomic E-state index is 5.62. The van der Waals surface area contributed by atoms with Crippen molar-refractivity contribution in [3.63, 3.8) is 0 Å². The minimum Gasteiger partial charge on any atom is -1.00 e. The summed E-state index contributed by atoms with van der Waals surface area (Å²) in [5.74, 6) is 0.794. The number of azo groups is 1. The molecule has 144 valence electrons. The second-order valence-electron chi connectivity index (χ2n) is 5.91. The topological polar surface area (TPSA) is 101 Å². The Kier molecular flexibility index (Phi) is 10.3. The van der Waals surface area contributed by atoms with E-state index in [9.17, 15) is 0 Å². The zero-order valence-electron chi connectivity index (χ0n) is 15.5. The molecule has 0 fully saturated rings. The van der Waals surface area contributed by atoms with Crippen molar-refractivity contribution in [3.8, 4) is 0 Å². The molecular formula is C17H29IN8. The molecule has 1 heterocycles. The average Bonchev–Trinajstić information content (AvgIpc) is 2.93. The van der Waals surface area contributed by atoms with Gasteiger partial charge in [-0.1, -0.05) is 5.11 Å². The van der Waals surface area contributed by atoms with Gasteiger partial charge in [0.25, 0.3) is 0 Å². The fraction of sp³-hybridized carbons (Fsp3) is 0.471. The van der Waals surface area contributed by atoms with Crippen LogP contribution in [-0.2, 0) is 14.1 Å². The van der Waals surface area contributed by atoms with Crippen LogP contribution >= 0.6 is 0 Å². The smallest absolute Gasteiger partial charge is 0.421 e. The fourth-order valence-electron chi connectivity index (χ4n) is 2.53. The molecule has 1 aromatic carbocycles. The minimum atomic E-state index is 0. The van der Waals surface area contributed by atoms with Crippen LogP contribution in [0.5, 0.6) is 0 Å². The summed E-state index contributed by atoms with van der Waals surface area (Å²) < 4.78 is 3.85. The lowest BCUT2D eigenvalue weighted by molar-refractivity contribution is -0.657. The number of benzene rings is 1. The first-order valence-corrected chi connectivity index (χ1v) is 8.53. The summed E-state index contributed by atoms with van der Waals surface area (Å²) >= 11 is 0. The molecule has 9 heteroatoms. The number of hydrogen-bond donors (Lipinski definition) is 3. The molecule has 0 aliphatic rings. The van der Waals surface area contributed by atoms with Crippen molar-refractivity contribution in [2.24, 2.45) is 35.8 Å². The maximum Gasteiger partial charge on any atom is 0.421 e. The highest BCUT2D eigenvalue weighted by Crippen LogP contribution is 2.18. The Morgan fingerprint density at radius 1 is 1.08 bits per heavy atom. The van der Waals surface area contributed by atoms with Crippen molar-refractivity contribution in [2.45, 2.75) is 0 Å². The number of anilines is 1. The summed E-state index contributed by atoms with van der Waals surface area (Å²) in [7, 11) is 3.89. The van der Waals surface area contributed by atoms with Crippen LogP contribution in [0.25, 0.3) is 0 Å². The number of nitrogens with two attached hydrogens (primary N) is 2. The molecule has 0 atom stereocenters. The van der Waals surface area contributed by atoms with Gasteiger partial charge in [0.1, 0.15) is 5.69 Å². The lowest BCUT2D eigenvalue weighted by atomic mass is 10.3. The largest absolute Gasteiger partial charge is 1.00 e. The van der Waals surface area contributed by atoms with Gasteiger partial charge in [0, 0.05) is 50.1 Å². The Bertz CT molecular complexity index is 642. The third kappa shape index (κ3) is 6.98. The van der Waals surface area contributed by atoms with Crippen molar-refractivity contribution in [1.29, 1.82) is 0 Å². The number of aryl methyl sites for hydroxylation is 2. The quantitative estimate of drug-likeness (QED) is 0.210. The van der Waals surface area contributed by atoms with Gasteiger partial charge in [-0.3, -0.25) is 4.90 Å². The summed E-state index contributed by atoms with van der Waals surface area (Å²) in [6, 6.07) is 7.92. The molecule has 0 bridgehead atoms. The molecule has 0 radical (unpaired) electrons. The van der Waals surface area contributed by atoms with Crippen LogP contribution in [0.1, 0.15) is 0 Å². The normalized spacial score (nSPS) is 11.1. The van der Waals surface area contributed by atoms with Gasteiger partial charge in [0.15, 0.2) is 0 Å². The molecule has 2 rings (SSSR count). The van der Waals surface area contributed by atoms with Gasteiger partial charge in [-0.15, -0.1) is 0 Å². The molecule has 0 saturated heterocycles. The molecule has 0 saturated carbocycles. The van der Waals surface area contributed by atoms with Crippen LogP contribution in [-0.4, -0.2) is 48.7 Å². The summed E-state index contributed by atoms with van der Waals surface area (Å²) in [5, 5.41) is 12.0. The van der Waals surface area contributed by atoms with Gasteiger partial charge in [0.2, 0.25) is 0 Å².